The zero-order valence-electron chi connectivity index (χ0n) is 10.1. The van der Waals surface area contributed by atoms with E-state index < -0.39 is 6.10 Å². The molecular weight excluding hydrogens is 296 g/mol. The first-order valence-corrected chi connectivity index (χ1v) is 7.11. The standard InChI is InChI=1S/C14H15BrOS/c1-8-5-4-6-11(9(8)2)14(16)12-7-13(15)17-10(12)3/h4-7,14,16H,1-3H3. The normalized spacial score (nSPS) is 12.8. The van der Waals surface area contributed by atoms with E-state index in [0.29, 0.717) is 0 Å². The first kappa shape index (κ1) is 12.8. The molecule has 0 aliphatic rings. The van der Waals surface area contributed by atoms with Gasteiger partial charge in [-0.25, -0.2) is 0 Å². The second kappa shape index (κ2) is 4.92. The Balaban J connectivity index is 2.47. The highest BCUT2D eigenvalue weighted by Crippen LogP contribution is 2.34. The van der Waals surface area contributed by atoms with Gasteiger partial charge in [-0.2, -0.15) is 0 Å². The maximum Gasteiger partial charge on any atom is 0.105 e. The maximum atomic E-state index is 10.5. The van der Waals surface area contributed by atoms with Gasteiger partial charge in [-0.3, -0.25) is 0 Å². The summed E-state index contributed by atoms with van der Waals surface area (Å²) in [5.41, 5.74) is 4.38. The minimum Gasteiger partial charge on any atom is -0.384 e. The predicted octanol–water partition coefficient (Wildman–Crippen LogP) is 4.52. The molecule has 0 saturated heterocycles. The third-order valence-corrected chi connectivity index (χ3v) is 4.73. The van der Waals surface area contributed by atoms with E-state index in [-0.39, 0.29) is 0 Å². The lowest BCUT2D eigenvalue weighted by molar-refractivity contribution is 0.219. The maximum absolute atomic E-state index is 10.5. The molecule has 2 rings (SSSR count). The van der Waals surface area contributed by atoms with Crippen LogP contribution in [0.25, 0.3) is 0 Å². The first-order chi connectivity index (χ1) is 8.00. The molecule has 0 amide bonds. The number of hydrogen-bond acceptors (Lipinski definition) is 2. The van der Waals surface area contributed by atoms with Crippen molar-refractivity contribution >= 4 is 27.3 Å². The number of thiophene rings is 1. The van der Waals surface area contributed by atoms with Crippen molar-refractivity contribution in [3.8, 4) is 0 Å². The lowest BCUT2D eigenvalue weighted by Crippen LogP contribution is -2.03. The number of aryl methyl sites for hydroxylation is 2. The molecule has 1 unspecified atom stereocenters. The number of aliphatic hydroxyl groups is 1. The van der Waals surface area contributed by atoms with E-state index in [9.17, 15) is 5.11 Å². The lowest BCUT2D eigenvalue weighted by Gasteiger charge is -2.15. The molecule has 17 heavy (non-hydrogen) atoms. The molecule has 0 fully saturated rings. The van der Waals surface area contributed by atoms with Gasteiger partial charge in [0.1, 0.15) is 6.10 Å². The topological polar surface area (TPSA) is 20.2 Å². The Hall–Kier alpha value is -0.640. The summed E-state index contributed by atoms with van der Waals surface area (Å²) in [6.07, 6.45) is -0.530. The summed E-state index contributed by atoms with van der Waals surface area (Å²) in [5, 5.41) is 10.5. The highest BCUT2D eigenvalue weighted by Gasteiger charge is 2.17. The van der Waals surface area contributed by atoms with E-state index >= 15 is 0 Å². The van der Waals surface area contributed by atoms with Crippen LogP contribution in [0.2, 0.25) is 0 Å². The molecule has 1 nitrogen and oxygen atoms in total. The molecule has 2 aromatic rings. The van der Waals surface area contributed by atoms with Crippen molar-refractivity contribution in [3.63, 3.8) is 0 Å². The molecule has 1 aromatic heterocycles. The van der Waals surface area contributed by atoms with E-state index in [2.05, 4.69) is 35.8 Å². The fourth-order valence-corrected chi connectivity index (χ4v) is 3.71. The molecule has 1 atom stereocenters. The van der Waals surface area contributed by atoms with E-state index in [4.69, 9.17) is 0 Å². The van der Waals surface area contributed by atoms with Crippen molar-refractivity contribution < 1.29 is 5.11 Å². The van der Waals surface area contributed by atoms with Crippen molar-refractivity contribution in [1.29, 1.82) is 0 Å². The van der Waals surface area contributed by atoms with Crippen LogP contribution in [-0.2, 0) is 0 Å². The zero-order chi connectivity index (χ0) is 12.6. The van der Waals surface area contributed by atoms with Crippen LogP contribution >= 0.6 is 27.3 Å². The Labute approximate surface area is 114 Å². The van der Waals surface area contributed by atoms with Crippen molar-refractivity contribution in [2.75, 3.05) is 0 Å². The summed E-state index contributed by atoms with van der Waals surface area (Å²) >= 11 is 5.12. The highest BCUT2D eigenvalue weighted by atomic mass is 79.9. The van der Waals surface area contributed by atoms with Crippen LogP contribution in [0, 0.1) is 20.8 Å². The molecule has 0 bridgehead atoms. The van der Waals surface area contributed by atoms with Gasteiger partial charge >= 0.3 is 0 Å². The minimum atomic E-state index is -0.530. The third kappa shape index (κ3) is 2.46. The number of halogens is 1. The molecule has 0 saturated carbocycles. The summed E-state index contributed by atoms with van der Waals surface area (Å²) < 4.78 is 1.06. The molecule has 0 aliphatic heterocycles. The number of rotatable bonds is 2. The van der Waals surface area contributed by atoms with Gasteiger partial charge in [-0.15, -0.1) is 11.3 Å². The molecule has 1 heterocycles. The van der Waals surface area contributed by atoms with Crippen molar-refractivity contribution in [2.45, 2.75) is 26.9 Å². The van der Waals surface area contributed by atoms with Crippen LogP contribution in [0.3, 0.4) is 0 Å². The predicted molar refractivity (Wildman–Crippen MR) is 76.7 cm³/mol. The third-order valence-electron chi connectivity index (χ3n) is 3.16. The molecule has 1 N–H and O–H groups in total. The molecule has 0 spiro atoms. The Morgan fingerprint density at radius 3 is 2.47 bits per heavy atom. The monoisotopic (exact) mass is 310 g/mol. The van der Waals surface area contributed by atoms with E-state index in [1.807, 2.05) is 25.1 Å². The van der Waals surface area contributed by atoms with Crippen LogP contribution in [0.4, 0.5) is 0 Å². The quantitative estimate of drug-likeness (QED) is 0.864. The van der Waals surface area contributed by atoms with E-state index in [1.54, 1.807) is 11.3 Å². The summed E-state index contributed by atoms with van der Waals surface area (Å²) in [7, 11) is 0. The van der Waals surface area contributed by atoms with E-state index in [0.717, 1.165) is 19.8 Å². The smallest absolute Gasteiger partial charge is 0.105 e. The summed E-state index contributed by atoms with van der Waals surface area (Å²) in [6.45, 7) is 6.17. The Bertz CT molecular complexity index is 545. The number of aliphatic hydroxyl groups excluding tert-OH is 1. The molecule has 0 aliphatic carbocycles. The van der Waals surface area contributed by atoms with Gasteiger partial charge in [-0.1, -0.05) is 18.2 Å². The second-order valence-electron chi connectivity index (χ2n) is 4.25. The van der Waals surface area contributed by atoms with Gasteiger partial charge in [-0.05, 0) is 65.0 Å². The summed E-state index contributed by atoms with van der Waals surface area (Å²) in [6, 6.07) is 8.07. The zero-order valence-corrected chi connectivity index (χ0v) is 12.5. The Kier molecular flexibility index (Phi) is 3.71. The van der Waals surface area contributed by atoms with Gasteiger partial charge in [0.25, 0.3) is 0 Å². The molecule has 1 aromatic carbocycles. The van der Waals surface area contributed by atoms with Gasteiger partial charge in [0.05, 0.1) is 3.79 Å². The fourth-order valence-electron chi connectivity index (χ4n) is 1.97. The van der Waals surface area contributed by atoms with Crippen molar-refractivity contribution in [1.82, 2.24) is 0 Å². The van der Waals surface area contributed by atoms with Crippen LogP contribution in [-0.4, -0.2) is 5.11 Å². The van der Waals surface area contributed by atoms with Crippen LogP contribution in [0.15, 0.2) is 28.1 Å². The summed E-state index contributed by atoms with van der Waals surface area (Å²) in [5.74, 6) is 0. The molecule has 3 heteroatoms. The van der Waals surface area contributed by atoms with Gasteiger partial charge < -0.3 is 5.11 Å². The van der Waals surface area contributed by atoms with Gasteiger partial charge in [0, 0.05) is 4.88 Å². The molecule has 0 radical (unpaired) electrons. The van der Waals surface area contributed by atoms with Crippen molar-refractivity contribution in [3.05, 3.63) is 55.2 Å². The fraction of sp³-hybridized carbons (Fsp3) is 0.286. The van der Waals surface area contributed by atoms with Crippen LogP contribution in [0.1, 0.15) is 33.2 Å². The van der Waals surface area contributed by atoms with E-state index in [1.165, 1.54) is 11.1 Å². The van der Waals surface area contributed by atoms with Gasteiger partial charge in [0.2, 0.25) is 0 Å². The SMILES string of the molecule is Cc1cccc(C(O)c2cc(Br)sc2C)c1C. The lowest BCUT2D eigenvalue weighted by atomic mass is 9.95. The summed E-state index contributed by atoms with van der Waals surface area (Å²) in [4.78, 5) is 1.16. The average Bonchev–Trinajstić information content (AvgIpc) is 2.61. The Morgan fingerprint density at radius 1 is 1.18 bits per heavy atom. The largest absolute Gasteiger partial charge is 0.384 e. The number of benzene rings is 1. The van der Waals surface area contributed by atoms with Crippen molar-refractivity contribution in [2.24, 2.45) is 0 Å². The number of hydrogen-bond donors (Lipinski definition) is 1. The van der Waals surface area contributed by atoms with Crippen LogP contribution < -0.4 is 0 Å². The first-order valence-electron chi connectivity index (χ1n) is 5.50. The average molecular weight is 311 g/mol. The molecule has 90 valence electrons. The Morgan fingerprint density at radius 2 is 1.88 bits per heavy atom. The minimum absolute atomic E-state index is 0.530. The van der Waals surface area contributed by atoms with Crippen LogP contribution in [0.5, 0.6) is 0 Å². The van der Waals surface area contributed by atoms with Gasteiger partial charge in [0.15, 0.2) is 0 Å². The highest BCUT2D eigenvalue weighted by molar-refractivity contribution is 9.11. The molecular formula is C14H15BrOS. The second-order valence-corrected chi connectivity index (χ2v) is 6.89.